The van der Waals surface area contributed by atoms with Crippen LogP contribution in [-0.4, -0.2) is 44.9 Å². The number of nitro benzene ring substituents is 1. The van der Waals surface area contributed by atoms with Gasteiger partial charge in [-0.05, 0) is 26.0 Å². The fourth-order valence-electron chi connectivity index (χ4n) is 2.95. The number of methoxy groups -OCH3 is 1. The first kappa shape index (κ1) is 20.7. The van der Waals surface area contributed by atoms with Crippen molar-refractivity contribution < 1.29 is 18.9 Å². The number of Topliss-reactive ketones (excluding diaryl/α,β-unsaturated/α-hetero) is 1. The first-order chi connectivity index (χ1) is 13.9. The summed E-state index contributed by atoms with van der Waals surface area (Å²) in [6.45, 7) is 5.12. The standard InChI is InChI=1S/C19H20N4O5S/c1-12-9-16(13(2)22(12)7-8-27-3)17(24)11-29-19-21-20-18(28-19)14-5-4-6-15(10-14)23(25)26/h4-6,9-10H,7-8,11H2,1-3H3. The molecule has 0 saturated carbocycles. The Labute approximate surface area is 171 Å². The van der Waals surface area contributed by atoms with Gasteiger partial charge in [0.1, 0.15) is 0 Å². The molecule has 0 N–H and O–H groups in total. The largest absolute Gasteiger partial charge is 0.411 e. The Morgan fingerprint density at radius 3 is 2.83 bits per heavy atom. The van der Waals surface area contributed by atoms with Gasteiger partial charge in [-0.15, -0.1) is 10.2 Å². The minimum Gasteiger partial charge on any atom is -0.411 e. The number of non-ortho nitro benzene ring substituents is 1. The van der Waals surface area contributed by atoms with Crippen molar-refractivity contribution in [2.45, 2.75) is 25.6 Å². The van der Waals surface area contributed by atoms with Crippen molar-refractivity contribution in [2.24, 2.45) is 0 Å². The number of nitro groups is 1. The first-order valence-electron chi connectivity index (χ1n) is 8.80. The van der Waals surface area contributed by atoms with Gasteiger partial charge in [0, 0.05) is 48.3 Å². The number of hydrogen-bond donors (Lipinski definition) is 0. The van der Waals surface area contributed by atoms with E-state index in [1.165, 1.54) is 12.1 Å². The minimum atomic E-state index is -0.489. The summed E-state index contributed by atoms with van der Waals surface area (Å²) in [5.41, 5.74) is 2.94. The number of benzene rings is 1. The van der Waals surface area contributed by atoms with E-state index in [0.29, 0.717) is 24.3 Å². The maximum absolute atomic E-state index is 12.6. The van der Waals surface area contributed by atoms with Crippen LogP contribution in [0.2, 0.25) is 0 Å². The van der Waals surface area contributed by atoms with Gasteiger partial charge in [-0.3, -0.25) is 14.9 Å². The highest BCUT2D eigenvalue weighted by Gasteiger charge is 2.18. The van der Waals surface area contributed by atoms with Crippen molar-refractivity contribution in [3.8, 4) is 11.5 Å². The lowest BCUT2D eigenvalue weighted by atomic mass is 10.2. The number of carbonyl (C=O) groups excluding carboxylic acids is 1. The molecule has 0 fully saturated rings. The molecule has 0 aliphatic rings. The number of ether oxygens (including phenoxy) is 1. The van der Waals surface area contributed by atoms with Gasteiger partial charge in [-0.1, -0.05) is 17.8 Å². The van der Waals surface area contributed by atoms with E-state index >= 15 is 0 Å². The van der Waals surface area contributed by atoms with Crippen LogP contribution < -0.4 is 0 Å². The van der Waals surface area contributed by atoms with E-state index in [-0.39, 0.29) is 28.3 Å². The molecule has 9 nitrogen and oxygen atoms in total. The van der Waals surface area contributed by atoms with Gasteiger partial charge in [-0.2, -0.15) is 0 Å². The highest BCUT2D eigenvalue weighted by molar-refractivity contribution is 7.99. The van der Waals surface area contributed by atoms with Crippen LogP contribution >= 0.6 is 11.8 Å². The summed E-state index contributed by atoms with van der Waals surface area (Å²) in [7, 11) is 1.64. The maximum atomic E-state index is 12.6. The van der Waals surface area contributed by atoms with E-state index in [1.807, 2.05) is 19.9 Å². The van der Waals surface area contributed by atoms with E-state index in [4.69, 9.17) is 9.15 Å². The quantitative estimate of drug-likeness (QED) is 0.225. The molecule has 0 saturated heterocycles. The Bertz CT molecular complexity index is 1040. The molecule has 1 aromatic carbocycles. The van der Waals surface area contributed by atoms with Crippen LogP contribution in [0.15, 0.2) is 40.0 Å². The molecule has 29 heavy (non-hydrogen) atoms. The number of hydrogen-bond acceptors (Lipinski definition) is 8. The third-order valence-electron chi connectivity index (χ3n) is 4.43. The van der Waals surface area contributed by atoms with Crippen LogP contribution in [0.5, 0.6) is 0 Å². The van der Waals surface area contributed by atoms with E-state index in [2.05, 4.69) is 14.8 Å². The summed E-state index contributed by atoms with van der Waals surface area (Å²) >= 11 is 1.13. The predicted molar refractivity (Wildman–Crippen MR) is 107 cm³/mol. The highest BCUT2D eigenvalue weighted by Crippen LogP contribution is 2.27. The van der Waals surface area contributed by atoms with E-state index in [1.54, 1.807) is 19.2 Å². The Balaban J connectivity index is 1.68. The minimum absolute atomic E-state index is 0.0399. The molecule has 2 heterocycles. The van der Waals surface area contributed by atoms with Crippen LogP contribution in [0.3, 0.4) is 0 Å². The van der Waals surface area contributed by atoms with Crippen molar-refractivity contribution in [1.82, 2.24) is 14.8 Å². The van der Waals surface area contributed by atoms with Crippen LogP contribution in [-0.2, 0) is 11.3 Å². The van der Waals surface area contributed by atoms with E-state index in [0.717, 1.165) is 23.1 Å². The lowest BCUT2D eigenvalue weighted by Crippen LogP contribution is -2.09. The SMILES string of the molecule is COCCn1c(C)cc(C(=O)CSc2nnc(-c3cccc([N+](=O)[O-])c3)o2)c1C. The van der Waals surface area contributed by atoms with E-state index in [9.17, 15) is 14.9 Å². The fraction of sp³-hybridized carbons (Fsp3) is 0.316. The molecule has 0 unspecified atom stereocenters. The molecule has 3 aromatic rings. The van der Waals surface area contributed by atoms with Crippen LogP contribution in [0.4, 0.5) is 5.69 Å². The Hall–Kier alpha value is -2.98. The molecule has 0 spiro atoms. The summed E-state index contributed by atoms with van der Waals surface area (Å²) < 4.78 is 12.7. The topological polar surface area (TPSA) is 113 Å². The monoisotopic (exact) mass is 416 g/mol. The average molecular weight is 416 g/mol. The normalized spacial score (nSPS) is 11.0. The smallest absolute Gasteiger partial charge is 0.277 e. The average Bonchev–Trinajstić information content (AvgIpc) is 3.29. The maximum Gasteiger partial charge on any atom is 0.277 e. The van der Waals surface area contributed by atoms with Gasteiger partial charge >= 0.3 is 0 Å². The van der Waals surface area contributed by atoms with Gasteiger partial charge in [0.15, 0.2) is 5.78 Å². The number of rotatable bonds is 9. The van der Waals surface area contributed by atoms with Gasteiger partial charge < -0.3 is 13.7 Å². The van der Waals surface area contributed by atoms with Crippen LogP contribution in [0.1, 0.15) is 21.7 Å². The molecule has 0 radical (unpaired) electrons. The van der Waals surface area contributed by atoms with Gasteiger partial charge in [0.05, 0.1) is 17.3 Å². The van der Waals surface area contributed by atoms with E-state index < -0.39 is 4.92 Å². The third kappa shape index (κ3) is 4.72. The number of aryl methyl sites for hydroxylation is 1. The molecule has 0 bridgehead atoms. The zero-order valence-corrected chi connectivity index (χ0v) is 17.1. The Morgan fingerprint density at radius 2 is 2.10 bits per heavy atom. The molecule has 0 aliphatic heterocycles. The van der Waals surface area contributed by atoms with Crippen molar-refractivity contribution in [1.29, 1.82) is 0 Å². The highest BCUT2D eigenvalue weighted by atomic mass is 32.2. The Morgan fingerprint density at radius 1 is 1.31 bits per heavy atom. The molecule has 3 rings (SSSR count). The first-order valence-corrected chi connectivity index (χ1v) is 9.79. The zero-order chi connectivity index (χ0) is 21.0. The molecule has 2 aromatic heterocycles. The lowest BCUT2D eigenvalue weighted by Gasteiger charge is -2.08. The molecule has 10 heteroatoms. The molecular formula is C19H20N4O5S. The molecule has 0 amide bonds. The molecule has 152 valence electrons. The number of aromatic nitrogens is 3. The van der Waals surface area contributed by atoms with Gasteiger partial charge in [0.2, 0.25) is 5.89 Å². The second-order valence-electron chi connectivity index (χ2n) is 6.32. The lowest BCUT2D eigenvalue weighted by molar-refractivity contribution is -0.384. The number of nitrogens with zero attached hydrogens (tertiary/aromatic N) is 4. The molecule has 0 atom stereocenters. The van der Waals surface area contributed by atoms with Crippen LogP contribution in [0, 0.1) is 24.0 Å². The van der Waals surface area contributed by atoms with Crippen LogP contribution in [0.25, 0.3) is 11.5 Å². The molecular weight excluding hydrogens is 396 g/mol. The van der Waals surface area contributed by atoms with Crippen molar-refractivity contribution >= 4 is 23.2 Å². The fourth-order valence-corrected chi connectivity index (χ4v) is 3.60. The second kappa shape index (κ2) is 9.01. The summed E-state index contributed by atoms with van der Waals surface area (Å²) in [5.74, 6) is 0.272. The molecule has 0 aliphatic carbocycles. The second-order valence-corrected chi connectivity index (χ2v) is 7.25. The summed E-state index contributed by atoms with van der Waals surface area (Å²) in [5, 5.41) is 19.0. The zero-order valence-electron chi connectivity index (χ0n) is 16.2. The van der Waals surface area contributed by atoms with Crippen molar-refractivity contribution in [2.75, 3.05) is 19.5 Å². The summed E-state index contributed by atoms with van der Waals surface area (Å²) in [6.07, 6.45) is 0. The van der Waals surface area contributed by atoms with Crippen molar-refractivity contribution in [3.63, 3.8) is 0 Å². The number of ketones is 1. The number of thioether (sulfide) groups is 1. The summed E-state index contributed by atoms with van der Waals surface area (Å²) in [6, 6.07) is 7.82. The summed E-state index contributed by atoms with van der Waals surface area (Å²) in [4.78, 5) is 23.1. The van der Waals surface area contributed by atoms with Gasteiger partial charge in [-0.25, -0.2) is 0 Å². The Kier molecular flexibility index (Phi) is 6.45. The number of carbonyl (C=O) groups is 1. The van der Waals surface area contributed by atoms with Gasteiger partial charge in [0.25, 0.3) is 10.9 Å². The third-order valence-corrected chi connectivity index (χ3v) is 5.25. The van der Waals surface area contributed by atoms with Crippen molar-refractivity contribution in [3.05, 3.63) is 57.4 Å². The predicted octanol–water partition coefficient (Wildman–Crippen LogP) is 3.68.